The van der Waals surface area contributed by atoms with Gasteiger partial charge in [-0.05, 0) is 25.0 Å². The quantitative estimate of drug-likeness (QED) is 0.774. The Morgan fingerprint density at radius 1 is 1.38 bits per heavy atom. The van der Waals surface area contributed by atoms with E-state index in [1.54, 1.807) is 11.2 Å². The molecule has 0 N–H and O–H groups in total. The highest BCUT2D eigenvalue weighted by atomic mass is 16.3. The van der Waals surface area contributed by atoms with E-state index in [9.17, 15) is 9.59 Å². The molecule has 0 spiro atoms. The van der Waals surface area contributed by atoms with E-state index in [1.807, 2.05) is 17.0 Å². The van der Waals surface area contributed by atoms with Gasteiger partial charge in [0, 0.05) is 26.1 Å². The number of likely N-dealkylation sites (tertiary alicyclic amines) is 1. The molecule has 1 unspecified atom stereocenters. The smallest absolute Gasteiger partial charge is 0.227 e. The lowest BCUT2D eigenvalue weighted by Gasteiger charge is -2.24. The number of amides is 2. The molecule has 2 heterocycles. The first-order chi connectivity index (χ1) is 10.2. The molecule has 0 aromatic carbocycles. The molecule has 1 fully saturated rings. The summed E-state index contributed by atoms with van der Waals surface area (Å²) in [6, 6.07) is 3.66. The monoisotopic (exact) mass is 292 g/mol. The minimum absolute atomic E-state index is 0.0395. The number of carbonyl (C=O) groups is 2. The van der Waals surface area contributed by atoms with Gasteiger partial charge < -0.3 is 14.2 Å². The molecule has 1 aliphatic heterocycles. The maximum absolute atomic E-state index is 12.5. The minimum Gasteiger partial charge on any atom is -0.467 e. The van der Waals surface area contributed by atoms with Gasteiger partial charge in [0.1, 0.15) is 5.76 Å². The van der Waals surface area contributed by atoms with Crippen LogP contribution in [0.5, 0.6) is 0 Å². The fraction of sp³-hybridized carbons (Fsp3) is 0.625. The number of furan rings is 1. The summed E-state index contributed by atoms with van der Waals surface area (Å²) in [6.07, 6.45) is 3.82. The highest BCUT2D eigenvalue weighted by Crippen LogP contribution is 2.22. The minimum atomic E-state index is -0.203. The Hall–Kier alpha value is -1.78. The number of carbonyl (C=O) groups excluding carboxylic acids is 2. The molecule has 116 valence electrons. The summed E-state index contributed by atoms with van der Waals surface area (Å²) in [5, 5.41) is 0. The van der Waals surface area contributed by atoms with Crippen molar-refractivity contribution in [2.24, 2.45) is 5.92 Å². The average Bonchev–Trinajstić information content (AvgIpc) is 3.09. The van der Waals surface area contributed by atoms with Crippen LogP contribution >= 0.6 is 0 Å². The predicted molar refractivity (Wildman–Crippen MR) is 79.4 cm³/mol. The van der Waals surface area contributed by atoms with Gasteiger partial charge in [0.15, 0.2) is 0 Å². The van der Waals surface area contributed by atoms with Gasteiger partial charge in [-0.3, -0.25) is 9.59 Å². The van der Waals surface area contributed by atoms with E-state index < -0.39 is 0 Å². The van der Waals surface area contributed by atoms with E-state index in [0.717, 1.165) is 31.7 Å². The van der Waals surface area contributed by atoms with E-state index in [1.165, 1.54) is 0 Å². The van der Waals surface area contributed by atoms with E-state index in [4.69, 9.17) is 4.42 Å². The molecule has 1 aromatic heterocycles. The standard InChI is InChI=1S/C16H24N2O3/c1-3-7-17(8-4-2)16(20)13-10-15(19)18(11-13)12-14-6-5-9-21-14/h5-6,9,13H,3-4,7-8,10-12H2,1-2H3. The molecule has 0 aliphatic carbocycles. The van der Waals surface area contributed by atoms with Crippen molar-refractivity contribution in [1.29, 1.82) is 0 Å². The van der Waals surface area contributed by atoms with Crippen molar-refractivity contribution >= 4 is 11.8 Å². The van der Waals surface area contributed by atoms with Crippen molar-refractivity contribution in [2.45, 2.75) is 39.7 Å². The van der Waals surface area contributed by atoms with E-state index >= 15 is 0 Å². The maximum Gasteiger partial charge on any atom is 0.227 e. The van der Waals surface area contributed by atoms with Crippen LogP contribution in [0.2, 0.25) is 0 Å². The molecule has 5 heteroatoms. The zero-order chi connectivity index (χ0) is 15.2. The number of nitrogens with zero attached hydrogens (tertiary/aromatic N) is 2. The van der Waals surface area contributed by atoms with Gasteiger partial charge in [0.05, 0.1) is 18.7 Å². The Kier molecular flexibility index (Phi) is 5.42. The van der Waals surface area contributed by atoms with Gasteiger partial charge in [-0.2, -0.15) is 0 Å². The van der Waals surface area contributed by atoms with Gasteiger partial charge >= 0.3 is 0 Å². The molecule has 2 rings (SSSR count). The van der Waals surface area contributed by atoms with E-state index in [2.05, 4.69) is 13.8 Å². The Morgan fingerprint density at radius 2 is 2.10 bits per heavy atom. The third-order valence-corrected chi connectivity index (χ3v) is 3.79. The van der Waals surface area contributed by atoms with Crippen molar-refractivity contribution < 1.29 is 14.0 Å². The van der Waals surface area contributed by atoms with Crippen molar-refractivity contribution in [1.82, 2.24) is 9.80 Å². The SMILES string of the molecule is CCCN(CCC)C(=O)C1CC(=O)N(Cc2ccco2)C1. The second-order valence-corrected chi connectivity index (χ2v) is 5.58. The normalized spacial score (nSPS) is 18.3. The highest BCUT2D eigenvalue weighted by Gasteiger charge is 2.36. The molecule has 0 saturated carbocycles. The number of rotatable bonds is 7. The lowest BCUT2D eigenvalue weighted by atomic mass is 10.1. The van der Waals surface area contributed by atoms with E-state index in [0.29, 0.717) is 19.5 Å². The molecule has 2 amide bonds. The summed E-state index contributed by atoms with van der Waals surface area (Å²) in [5.41, 5.74) is 0. The number of hydrogen-bond donors (Lipinski definition) is 0. The van der Waals surface area contributed by atoms with Crippen molar-refractivity contribution in [2.75, 3.05) is 19.6 Å². The maximum atomic E-state index is 12.5. The van der Waals surface area contributed by atoms with Crippen LogP contribution in [0, 0.1) is 5.92 Å². The fourth-order valence-corrected chi connectivity index (χ4v) is 2.81. The average molecular weight is 292 g/mol. The third-order valence-electron chi connectivity index (χ3n) is 3.79. The molecule has 21 heavy (non-hydrogen) atoms. The van der Waals surface area contributed by atoms with Crippen LogP contribution in [0.25, 0.3) is 0 Å². The summed E-state index contributed by atoms with van der Waals surface area (Å²) in [5.74, 6) is 0.715. The fourth-order valence-electron chi connectivity index (χ4n) is 2.81. The molecule has 1 atom stereocenters. The molecule has 1 aromatic rings. The summed E-state index contributed by atoms with van der Waals surface area (Å²) < 4.78 is 5.27. The second kappa shape index (κ2) is 7.29. The third kappa shape index (κ3) is 3.86. The molecule has 0 radical (unpaired) electrons. The topological polar surface area (TPSA) is 53.8 Å². The van der Waals surface area contributed by atoms with Crippen LogP contribution in [0.1, 0.15) is 38.9 Å². The van der Waals surface area contributed by atoms with Gasteiger partial charge in [0.2, 0.25) is 11.8 Å². The Balaban J connectivity index is 1.95. The highest BCUT2D eigenvalue weighted by molar-refractivity contribution is 5.89. The first-order valence-corrected chi connectivity index (χ1v) is 7.74. The summed E-state index contributed by atoms with van der Waals surface area (Å²) in [4.78, 5) is 28.2. The van der Waals surface area contributed by atoms with Gasteiger partial charge in [-0.1, -0.05) is 13.8 Å². The summed E-state index contributed by atoms with van der Waals surface area (Å²) in [6.45, 7) is 6.64. The van der Waals surface area contributed by atoms with Crippen molar-refractivity contribution in [3.63, 3.8) is 0 Å². The number of hydrogen-bond acceptors (Lipinski definition) is 3. The van der Waals surface area contributed by atoms with Gasteiger partial charge in [0.25, 0.3) is 0 Å². The van der Waals surface area contributed by atoms with Crippen LogP contribution in [0.15, 0.2) is 22.8 Å². The first-order valence-electron chi connectivity index (χ1n) is 7.74. The largest absolute Gasteiger partial charge is 0.467 e. The summed E-state index contributed by atoms with van der Waals surface area (Å²) in [7, 11) is 0. The molecule has 0 bridgehead atoms. The van der Waals surface area contributed by atoms with E-state index in [-0.39, 0.29) is 17.7 Å². The molecule has 5 nitrogen and oxygen atoms in total. The molecular formula is C16H24N2O3. The molecule has 1 aliphatic rings. The van der Waals surface area contributed by atoms with Crippen LogP contribution in [0.3, 0.4) is 0 Å². The lowest BCUT2D eigenvalue weighted by molar-refractivity contribution is -0.136. The lowest BCUT2D eigenvalue weighted by Crippen LogP contribution is -2.38. The van der Waals surface area contributed by atoms with Gasteiger partial charge in [-0.25, -0.2) is 0 Å². The van der Waals surface area contributed by atoms with Crippen LogP contribution in [0.4, 0.5) is 0 Å². The van der Waals surface area contributed by atoms with Gasteiger partial charge in [-0.15, -0.1) is 0 Å². The first kappa shape index (κ1) is 15.6. The van der Waals surface area contributed by atoms with Crippen LogP contribution < -0.4 is 0 Å². The zero-order valence-electron chi connectivity index (χ0n) is 12.9. The Morgan fingerprint density at radius 3 is 2.67 bits per heavy atom. The second-order valence-electron chi connectivity index (χ2n) is 5.58. The predicted octanol–water partition coefficient (Wildman–Crippen LogP) is 2.28. The Labute approximate surface area is 125 Å². The Bertz CT molecular complexity index is 464. The molecule has 1 saturated heterocycles. The van der Waals surface area contributed by atoms with Crippen LogP contribution in [-0.4, -0.2) is 41.2 Å². The zero-order valence-corrected chi connectivity index (χ0v) is 12.9. The van der Waals surface area contributed by atoms with Crippen LogP contribution in [-0.2, 0) is 16.1 Å². The summed E-state index contributed by atoms with van der Waals surface area (Å²) >= 11 is 0. The van der Waals surface area contributed by atoms with Crippen molar-refractivity contribution in [3.8, 4) is 0 Å². The molecular weight excluding hydrogens is 268 g/mol. The van der Waals surface area contributed by atoms with Crippen molar-refractivity contribution in [3.05, 3.63) is 24.2 Å².